The Bertz CT molecular complexity index is 836. The third-order valence-corrected chi connectivity index (χ3v) is 4.30. The van der Waals surface area contributed by atoms with Gasteiger partial charge in [-0.25, -0.2) is 0 Å². The zero-order chi connectivity index (χ0) is 16.1. The molecule has 0 spiro atoms. The molecule has 2 atom stereocenters. The molecule has 3 rings (SSSR count). The van der Waals surface area contributed by atoms with Gasteiger partial charge in [0.1, 0.15) is 5.58 Å². The second-order valence-electron chi connectivity index (χ2n) is 6.10. The molecule has 0 saturated heterocycles. The SMILES string of the molecule is CC1(C)[C@H](C(=O)O)[C@@H]1C(=O)Nc1ccc2occc(=O)c2c1. The molecule has 114 valence electrons. The minimum Gasteiger partial charge on any atom is -0.481 e. The number of carboxylic acids is 1. The number of anilines is 1. The van der Waals surface area contributed by atoms with Crippen LogP contribution >= 0.6 is 0 Å². The maximum absolute atomic E-state index is 12.3. The molecule has 1 amide bonds. The van der Waals surface area contributed by atoms with Crippen molar-refractivity contribution in [2.45, 2.75) is 13.8 Å². The van der Waals surface area contributed by atoms with Crippen molar-refractivity contribution in [3.8, 4) is 0 Å². The summed E-state index contributed by atoms with van der Waals surface area (Å²) in [6.07, 6.45) is 1.31. The van der Waals surface area contributed by atoms with Crippen molar-refractivity contribution in [2.24, 2.45) is 17.3 Å². The Morgan fingerprint density at radius 3 is 2.59 bits per heavy atom. The van der Waals surface area contributed by atoms with Gasteiger partial charge < -0.3 is 14.8 Å². The maximum atomic E-state index is 12.3. The first kappa shape index (κ1) is 14.3. The van der Waals surface area contributed by atoms with E-state index in [1.54, 1.807) is 26.0 Å². The first-order chi connectivity index (χ1) is 10.3. The molecule has 0 aliphatic heterocycles. The zero-order valence-corrected chi connectivity index (χ0v) is 12.1. The number of carbonyl (C=O) groups excluding carboxylic acids is 1. The molecule has 0 unspecified atom stereocenters. The average molecular weight is 301 g/mol. The molecule has 0 radical (unpaired) electrons. The molecule has 1 aromatic carbocycles. The quantitative estimate of drug-likeness (QED) is 0.904. The number of carboxylic acid groups (broad SMARTS) is 1. The first-order valence-corrected chi connectivity index (χ1v) is 6.87. The zero-order valence-electron chi connectivity index (χ0n) is 12.1. The Labute approximate surface area is 125 Å². The maximum Gasteiger partial charge on any atom is 0.307 e. The fourth-order valence-electron chi connectivity index (χ4n) is 2.97. The predicted octanol–water partition coefficient (Wildman–Crippen LogP) is 2.09. The van der Waals surface area contributed by atoms with E-state index < -0.39 is 23.2 Å². The van der Waals surface area contributed by atoms with Gasteiger partial charge in [-0.05, 0) is 23.6 Å². The summed E-state index contributed by atoms with van der Waals surface area (Å²) in [5.74, 6) is -2.58. The van der Waals surface area contributed by atoms with Crippen molar-refractivity contribution < 1.29 is 19.1 Å². The average Bonchev–Trinajstić information content (AvgIpc) is 3.03. The molecule has 1 heterocycles. The number of aliphatic carboxylic acids is 1. The van der Waals surface area contributed by atoms with Gasteiger partial charge in [-0.2, -0.15) is 0 Å². The van der Waals surface area contributed by atoms with Crippen LogP contribution in [-0.4, -0.2) is 17.0 Å². The van der Waals surface area contributed by atoms with Crippen LogP contribution in [0.3, 0.4) is 0 Å². The molecule has 0 bridgehead atoms. The molecule has 1 aliphatic rings. The number of hydrogen-bond acceptors (Lipinski definition) is 4. The fourth-order valence-corrected chi connectivity index (χ4v) is 2.97. The highest BCUT2D eigenvalue weighted by molar-refractivity contribution is 6.00. The lowest BCUT2D eigenvalue weighted by Gasteiger charge is -2.06. The second-order valence-corrected chi connectivity index (χ2v) is 6.10. The van der Waals surface area contributed by atoms with Gasteiger partial charge in [-0.3, -0.25) is 14.4 Å². The van der Waals surface area contributed by atoms with Crippen LogP contribution in [0.15, 0.2) is 39.7 Å². The lowest BCUT2D eigenvalue weighted by molar-refractivity contribution is -0.140. The van der Waals surface area contributed by atoms with Crippen molar-refractivity contribution in [3.63, 3.8) is 0 Å². The summed E-state index contributed by atoms with van der Waals surface area (Å²) in [4.78, 5) is 35.1. The fraction of sp³-hybridized carbons (Fsp3) is 0.312. The molecular formula is C16H15NO5. The van der Waals surface area contributed by atoms with Crippen LogP contribution in [0, 0.1) is 17.3 Å². The summed E-state index contributed by atoms with van der Waals surface area (Å²) in [5, 5.41) is 12.2. The summed E-state index contributed by atoms with van der Waals surface area (Å²) in [7, 11) is 0. The summed E-state index contributed by atoms with van der Waals surface area (Å²) in [5.41, 5.74) is 0.113. The van der Waals surface area contributed by atoms with E-state index in [-0.39, 0.29) is 11.3 Å². The van der Waals surface area contributed by atoms with Crippen LogP contribution < -0.4 is 10.7 Å². The number of carbonyl (C=O) groups is 2. The first-order valence-electron chi connectivity index (χ1n) is 6.87. The van der Waals surface area contributed by atoms with Crippen LogP contribution in [0.25, 0.3) is 11.0 Å². The minimum atomic E-state index is -0.968. The van der Waals surface area contributed by atoms with Crippen LogP contribution in [0.5, 0.6) is 0 Å². The van der Waals surface area contributed by atoms with Crippen LogP contribution in [0.1, 0.15) is 13.8 Å². The van der Waals surface area contributed by atoms with Gasteiger partial charge in [0.05, 0.1) is 23.5 Å². The van der Waals surface area contributed by atoms with Gasteiger partial charge in [0.15, 0.2) is 5.43 Å². The van der Waals surface area contributed by atoms with Gasteiger partial charge in [-0.15, -0.1) is 0 Å². The molecule has 2 N–H and O–H groups in total. The number of rotatable bonds is 3. The molecule has 1 fully saturated rings. The molecule has 22 heavy (non-hydrogen) atoms. The van der Waals surface area contributed by atoms with Crippen LogP contribution in [0.2, 0.25) is 0 Å². The van der Waals surface area contributed by atoms with Gasteiger partial charge in [0.2, 0.25) is 5.91 Å². The van der Waals surface area contributed by atoms with E-state index >= 15 is 0 Å². The smallest absolute Gasteiger partial charge is 0.307 e. The highest BCUT2D eigenvalue weighted by Gasteiger charge is 2.65. The van der Waals surface area contributed by atoms with Crippen molar-refractivity contribution >= 4 is 28.5 Å². The topological polar surface area (TPSA) is 96.6 Å². The van der Waals surface area contributed by atoms with Gasteiger partial charge >= 0.3 is 5.97 Å². The lowest BCUT2D eigenvalue weighted by Crippen LogP contribution is -2.17. The Hall–Kier alpha value is -2.63. The van der Waals surface area contributed by atoms with E-state index in [0.717, 1.165) is 0 Å². The number of benzene rings is 1. The summed E-state index contributed by atoms with van der Waals surface area (Å²) < 4.78 is 5.20. The van der Waals surface area contributed by atoms with Crippen molar-refractivity contribution in [3.05, 3.63) is 40.8 Å². The Balaban J connectivity index is 1.85. The molecule has 2 aromatic rings. The molecule has 1 aromatic heterocycles. The third kappa shape index (κ3) is 2.16. The van der Waals surface area contributed by atoms with E-state index in [2.05, 4.69) is 5.32 Å². The molecule has 6 nitrogen and oxygen atoms in total. The highest BCUT2D eigenvalue weighted by Crippen LogP contribution is 2.58. The van der Waals surface area contributed by atoms with E-state index in [4.69, 9.17) is 9.52 Å². The Morgan fingerprint density at radius 1 is 1.23 bits per heavy atom. The third-order valence-electron chi connectivity index (χ3n) is 4.30. The van der Waals surface area contributed by atoms with Gasteiger partial charge in [-0.1, -0.05) is 13.8 Å². The molecular weight excluding hydrogens is 286 g/mol. The van der Waals surface area contributed by atoms with E-state index in [0.29, 0.717) is 16.7 Å². The monoisotopic (exact) mass is 301 g/mol. The predicted molar refractivity (Wildman–Crippen MR) is 79.5 cm³/mol. The van der Waals surface area contributed by atoms with Crippen LogP contribution in [0.4, 0.5) is 5.69 Å². The summed E-state index contributed by atoms with van der Waals surface area (Å²) in [6, 6.07) is 6.05. The number of fused-ring (bicyclic) bond motifs is 1. The highest BCUT2D eigenvalue weighted by atomic mass is 16.4. The van der Waals surface area contributed by atoms with Gasteiger partial charge in [0, 0.05) is 11.8 Å². The molecule has 1 saturated carbocycles. The summed E-state index contributed by atoms with van der Waals surface area (Å²) in [6.45, 7) is 3.51. The molecule has 6 heteroatoms. The number of nitrogens with one attached hydrogen (secondary N) is 1. The Kier molecular flexibility index (Phi) is 3.05. The number of hydrogen-bond donors (Lipinski definition) is 2. The second kappa shape index (κ2) is 4.69. The van der Waals surface area contributed by atoms with Gasteiger partial charge in [0.25, 0.3) is 0 Å². The van der Waals surface area contributed by atoms with Crippen molar-refractivity contribution in [2.75, 3.05) is 5.32 Å². The number of amides is 1. The van der Waals surface area contributed by atoms with Crippen LogP contribution in [-0.2, 0) is 9.59 Å². The molecule has 1 aliphatic carbocycles. The van der Waals surface area contributed by atoms with E-state index in [1.165, 1.54) is 18.4 Å². The Morgan fingerprint density at radius 2 is 1.95 bits per heavy atom. The summed E-state index contributed by atoms with van der Waals surface area (Å²) >= 11 is 0. The standard InChI is InChI=1S/C16H15NO5/c1-16(2)12(13(16)15(20)21)14(19)17-8-3-4-11-9(7-8)10(18)5-6-22-11/h3-7,12-13H,1-2H3,(H,17,19)(H,20,21)/t12-,13+/m1/s1. The van der Waals surface area contributed by atoms with Crippen molar-refractivity contribution in [1.82, 2.24) is 0 Å². The normalized spacial score (nSPS) is 22.3. The largest absolute Gasteiger partial charge is 0.481 e. The van der Waals surface area contributed by atoms with Crippen molar-refractivity contribution in [1.29, 1.82) is 0 Å². The van der Waals surface area contributed by atoms with E-state index in [9.17, 15) is 14.4 Å². The lowest BCUT2D eigenvalue weighted by atomic mass is 10.1. The van der Waals surface area contributed by atoms with E-state index in [1.807, 2.05) is 0 Å². The minimum absolute atomic E-state index is 0.201.